The molecule has 0 unspecified atom stereocenters. The molecular formula is C23H13BrO. The molecule has 3 aromatic rings. The SMILES string of the molecule is O=C(C#Cc1ccccc1)c1ccccc1C#Cc1ccc(Br)cc1. The third-order valence-electron chi connectivity index (χ3n) is 3.45. The molecule has 3 rings (SSSR count). The Morgan fingerprint density at radius 2 is 1.32 bits per heavy atom. The van der Waals surface area contributed by atoms with Crippen LogP contribution in [0.2, 0.25) is 0 Å². The van der Waals surface area contributed by atoms with Crippen LogP contribution in [0.3, 0.4) is 0 Å². The van der Waals surface area contributed by atoms with E-state index in [2.05, 4.69) is 39.6 Å². The average molecular weight is 385 g/mol. The number of hydrogen-bond acceptors (Lipinski definition) is 1. The second-order valence-electron chi connectivity index (χ2n) is 5.25. The average Bonchev–Trinajstić information content (AvgIpc) is 2.67. The number of Topliss-reactive ketones (excluding diaryl/α,β-unsaturated/α-hetero) is 1. The molecule has 0 heterocycles. The second kappa shape index (κ2) is 8.15. The highest BCUT2D eigenvalue weighted by atomic mass is 79.9. The molecule has 0 aromatic heterocycles. The van der Waals surface area contributed by atoms with Gasteiger partial charge in [-0.3, -0.25) is 4.79 Å². The van der Waals surface area contributed by atoms with Gasteiger partial charge in [0, 0.05) is 26.7 Å². The summed E-state index contributed by atoms with van der Waals surface area (Å²) in [5.74, 6) is 11.5. The predicted octanol–water partition coefficient (Wildman–Crippen LogP) is 5.08. The van der Waals surface area contributed by atoms with Gasteiger partial charge in [0.15, 0.2) is 0 Å². The van der Waals surface area contributed by atoms with Crippen LogP contribution in [0.25, 0.3) is 0 Å². The Bertz CT molecular complexity index is 1010. The lowest BCUT2D eigenvalue weighted by atomic mass is 10.0. The summed E-state index contributed by atoms with van der Waals surface area (Å²) in [6, 6.07) is 24.5. The second-order valence-corrected chi connectivity index (χ2v) is 6.16. The summed E-state index contributed by atoms with van der Waals surface area (Å²) in [5, 5.41) is 0. The predicted molar refractivity (Wildman–Crippen MR) is 104 cm³/mol. The zero-order chi connectivity index (χ0) is 17.5. The van der Waals surface area contributed by atoms with E-state index in [-0.39, 0.29) is 5.78 Å². The Morgan fingerprint density at radius 3 is 2.08 bits per heavy atom. The van der Waals surface area contributed by atoms with Crippen LogP contribution < -0.4 is 0 Å². The maximum Gasteiger partial charge on any atom is 0.237 e. The van der Waals surface area contributed by atoms with E-state index >= 15 is 0 Å². The summed E-state index contributed by atoms with van der Waals surface area (Å²) in [6.07, 6.45) is 0. The van der Waals surface area contributed by atoms with Crippen molar-refractivity contribution in [3.05, 3.63) is 106 Å². The first-order chi connectivity index (χ1) is 12.2. The summed E-state index contributed by atoms with van der Waals surface area (Å²) in [7, 11) is 0. The van der Waals surface area contributed by atoms with Crippen molar-refractivity contribution < 1.29 is 4.79 Å². The number of carbonyl (C=O) groups excluding carboxylic acids is 1. The Kier molecular flexibility index (Phi) is 5.47. The van der Waals surface area contributed by atoms with Gasteiger partial charge in [0.2, 0.25) is 5.78 Å². The van der Waals surface area contributed by atoms with Crippen LogP contribution in [0.1, 0.15) is 27.0 Å². The van der Waals surface area contributed by atoms with Gasteiger partial charge in [0.25, 0.3) is 0 Å². The topological polar surface area (TPSA) is 17.1 Å². The normalized spacial score (nSPS) is 9.32. The molecule has 0 fully saturated rings. The largest absolute Gasteiger partial charge is 0.279 e. The number of rotatable bonds is 1. The number of halogens is 1. The summed E-state index contributed by atoms with van der Waals surface area (Å²) in [5.41, 5.74) is 2.91. The van der Waals surface area contributed by atoms with E-state index in [9.17, 15) is 4.79 Å². The first kappa shape index (κ1) is 16.8. The Balaban J connectivity index is 1.88. The lowest BCUT2D eigenvalue weighted by molar-refractivity contribution is 0.105. The maximum atomic E-state index is 12.4. The van der Waals surface area contributed by atoms with Gasteiger partial charge >= 0.3 is 0 Å². The molecule has 0 aliphatic carbocycles. The van der Waals surface area contributed by atoms with Crippen molar-refractivity contribution in [1.82, 2.24) is 0 Å². The highest BCUT2D eigenvalue weighted by Gasteiger charge is 2.06. The Labute approximate surface area is 155 Å². The van der Waals surface area contributed by atoms with Crippen LogP contribution in [0.5, 0.6) is 0 Å². The molecule has 0 atom stereocenters. The minimum Gasteiger partial charge on any atom is -0.279 e. The van der Waals surface area contributed by atoms with E-state index in [0.717, 1.165) is 15.6 Å². The zero-order valence-electron chi connectivity index (χ0n) is 13.3. The molecule has 0 radical (unpaired) electrons. The minimum atomic E-state index is -0.232. The molecule has 0 bridgehead atoms. The van der Waals surface area contributed by atoms with Crippen molar-refractivity contribution >= 4 is 21.7 Å². The van der Waals surface area contributed by atoms with Crippen LogP contribution in [0.15, 0.2) is 83.3 Å². The third kappa shape index (κ3) is 4.70. The monoisotopic (exact) mass is 384 g/mol. The molecule has 0 saturated carbocycles. The Hall–Kier alpha value is -3.07. The van der Waals surface area contributed by atoms with E-state index in [1.807, 2.05) is 72.8 Å². The number of hydrogen-bond donors (Lipinski definition) is 0. The van der Waals surface area contributed by atoms with Gasteiger partial charge in [-0.15, -0.1) is 0 Å². The van der Waals surface area contributed by atoms with E-state index in [1.165, 1.54) is 0 Å². The zero-order valence-corrected chi connectivity index (χ0v) is 14.9. The van der Waals surface area contributed by atoms with Crippen LogP contribution in [0.4, 0.5) is 0 Å². The van der Waals surface area contributed by atoms with Gasteiger partial charge in [-0.1, -0.05) is 64.0 Å². The van der Waals surface area contributed by atoms with Crippen LogP contribution in [-0.4, -0.2) is 5.78 Å². The van der Waals surface area contributed by atoms with Crippen molar-refractivity contribution in [2.45, 2.75) is 0 Å². The molecule has 118 valence electrons. The number of ketones is 1. The maximum absolute atomic E-state index is 12.4. The quantitative estimate of drug-likeness (QED) is 0.422. The Morgan fingerprint density at radius 1 is 0.680 bits per heavy atom. The fourth-order valence-corrected chi connectivity index (χ4v) is 2.44. The highest BCUT2D eigenvalue weighted by Crippen LogP contribution is 2.11. The number of carbonyl (C=O) groups is 1. The fraction of sp³-hybridized carbons (Fsp3) is 0. The molecule has 0 spiro atoms. The van der Waals surface area contributed by atoms with Crippen LogP contribution >= 0.6 is 15.9 Å². The lowest BCUT2D eigenvalue weighted by Gasteiger charge is -1.98. The molecule has 3 aromatic carbocycles. The van der Waals surface area contributed by atoms with Crippen molar-refractivity contribution in [1.29, 1.82) is 0 Å². The van der Waals surface area contributed by atoms with E-state index in [1.54, 1.807) is 6.07 Å². The molecule has 0 aliphatic rings. The molecule has 1 nitrogen and oxygen atoms in total. The molecule has 2 heteroatoms. The van der Waals surface area contributed by atoms with E-state index < -0.39 is 0 Å². The molecular weight excluding hydrogens is 372 g/mol. The minimum absolute atomic E-state index is 0.232. The van der Waals surface area contributed by atoms with E-state index in [0.29, 0.717) is 11.1 Å². The van der Waals surface area contributed by atoms with E-state index in [4.69, 9.17) is 0 Å². The third-order valence-corrected chi connectivity index (χ3v) is 3.98. The molecule has 0 N–H and O–H groups in total. The molecule has 0 aliphatic heterocycles. The molecule has 0 amide bonds. The van der Waals surface area contributed by atoms with Gasteiger partial charge in [0.05, 0.1) is 0 Å². The summed E-state index contributed by atoms with van der Waals surface area (Å²) in [6.45, 7) is 0. The van der Waals surface area contributed by atoms with Gasteiger partial charge < -0.3 is 0 Å². The van der Waals surface area contributed by atoms with Gasteiger partial charge in [-0.05, 0) is 54.5 Å². The first-order valence-electron chi connectivity index (χ1n) is 7.70. The van der Waals surface area contributed by atoms with Gasteiger partial charge in [-0.25, -0.2) is 0 Å². The highest BCUT2D eigenvalue weighted by molar-refractivity contribution is 9.10. The standard InChI is InChI=1S/C23H13BrO/c24-21-15-11-19(12-16-21)10-14-20-8-4-5-9-22(20)23(25)17-13-18-6-2-1-3-7-18/h1-9,11-12,15-16H. The number of benzene rings is 3. The van der Waals surface area contributed by atoms with Crippen molar-refractivity contribution in [2.75, 3.05) is 0 Å². The lowest BCUT2D eigenvalue weighted by Crippen LogP contribution is -1.98. The summed E-state index contributed by atoms with van der Waals surface area (Å²) >= 11 is 3.40. The first-order valence-corrected chi connectivity index (χ1v) is 8.50. The van der Waals surface area contributed by atoms with Gasteiger partial charge in [0.1, 0.15) is 0 Å². The van der Waals surface area contributed by atoms with Crippen molar-refractivity contribution in [3.63, 3.8) is 0 Å². The molecule has 25 heavy (non-hydrogen) atoms. The smallest absolute Gasteiger partial charge is 0.237 e. The van der Waals surface area contributed by atoms with Crippen molar-refractivity contribution in [3.8, 4) is 23.7 Å². The van der Waals surface area contributed by atoms with Crippen molar-refractivity contribution in [2.24, 2.45) is 0 Å². The van der Waals surface area contributed by atoms with Crippen LogP contribution in [-0.2, 0) is 0 Å². The fourth-order valence-electron chi connectivity index (χ4n) is 2.18. The molecule has 0 saturated heterocycles. The summed E-state index contributed by atoms with van der Waals surface area (Å²) in [4.78, 5) is 12.4. The van der Waals surface area contributed by atoms with Gasteiger partial charge in [-0.2, -0.15) is 0 Å². The summed E-state index contributed by atoms with van der Waals surface area (Å²) < 4.78 is 1.00. The van der Waals surface area contributed by atoms with Crippen LogP contribution in [0, 0.1) is 23.7 Å².